The molecule has 1 aliphatic rings. The molecule has 1 amide bonds. The van der Waals surface area contributed by atoms with Gasteiger partial charge in [0.1, 0.15) is 11.9 Å². The molecular weight excluding hydrogens is 333 g/mol. The quantitative estimate of drug-likeness (QED) is 0.364. The van der Waals surface area contributed by atoms with Crippen molar-refractivity contribution in [3.63, 3.8) is 0 Å². The Hall–Kier alpha value is -1.67. The average Bonchev–Trinajstić information content (AvgIpc) is 2.48. The topological polar surface area (TPSA) is 88.2 Å². The number of benzene rings is 1. The molecule has 6 nitrogen and oxygen atoms in total. The molecule has 0 aliphatic carbocycles. The maximum Gasteiger partial charge on any atom is 0.257 e. The number of hydrogen-bond donors (Lipinski definition) is 2. The molecule has 8 heteroatoms. The van der Waals surface area contributed by atoms with Crippen LogP contribution in [0.5, 0.6) is 0 Å². The summed E-state index contributed by atoms with van der Waals surface area (Å²) in [7, 11) is 0. The normalized spacial score (nSPS) is 20.0. The van der Waals surface area contributed by atoms with E-state index < -0.39 is 17.8 Å². The van der Waals surface area contributed by atoms with Crippen LogP contribution in [-0.4, -0.2) is 47.7 Å². The first-order valence-corrected chi connectivity index (χ1v) is 6.66. The third-order valence-electron chi connectivity index (χ3n) is 2.98. The van der Waals surface area contributed by atoms with Crippen molar-refractivity contribution in [2.45, 2.75) is 6.10 Å². The molecule has 1 fully saturated rings. The number of rotatable bonds is 2. The second-order valence-corrected chi connectivity index (χ2v) is 5.09. The lowest BCUT2D eigenvalue weighted by Gasteiger charge is -2.32. The van der Waals surface area contributed by atoms with E-state index in [-0.39, 0.29) is 29.0 Å². The van der Waals surface area contributed by atoms with E-state index in [1.807, 2.05) is 0 Å². The zero-order valence-electron chi connectivity index (χ0n) is 10.4. The molecule has 0 spiro atoms. The second-order valence-electron chi connectivity index (χ2n) is 4.24. The lowest BCUT2D eigenvalue weighted by Crippen LogP contribution is -2.50. The summed E-state index contributed by atoms with van der Waals surface area (Å²) in [5.41, 5.74) is 5.43. The molecule has 1 aromatic carbocycles. The summed E-state index contributed by atoms with van der Waals surface area (Å²) >= 11 is 3.04. The monoisotopic (exact) mass is 345 g/mol. The fraction of sp³-hybridized carbons (Fsp3) is 0.333. The van der Waals surface area contributed by atoms with E-state index in [2.05, 4.69) is 21.1 Å². The Morgan fingerprint density at radius 2 is 2.35 bits per heavy atom. The number of hydrogen-bond acceptors (Lipinski definition) is 4. The Morgan fingerprint density at radius 3 is 3.05 bits per heavy atom. The van der Waals surface area contributed by atoms with E-state index in [1.165, 1.54) is 17.0 Å². The van der Waals surface area contributed by atoms with E-state index in [0.29, 0.717) is 6.54 Å². The van der Waals surface area contributed by atoms with Crippen LogP contribution in [0.4, 0.5) is 4.39 Å². The summed E-state index contributed by atoms with van der Waals surface area (Å²) in [6.45, 7) is 0.670. The maximum atomic E-state index is 13.9. The van der Waals surface area contributed by atoms with Gasteiger partial charge in [-0.25, -0.2) is 4.39 Å². The van der Waals surface area contributed by atoms with Gasteiger partial charge < -0.3 is 20.6 Å². The first-order valence-electron chi connectivity index (χ1n) is 5.87. The molecule has 0 aromatic heterocycles. The van der Waals surface area contributed by atoms with Gasteiger partial charge in [-0.05, 0) is 28.1 Å². The number of amidine groups is 1. The Bertz CT molecular complexity index is 553. The molecule has 3 N–H and O–H groups in total. The maximum absolute atomic E-state index is 13.9. The number of nitrogens with zero attached hydrogens (tertiary/aromatic N) is 2. The van der Waals surface area contributed by atoms with E-state index in [0.717, 1.165) is 0 Å². The van der Waals surface area contributed by atoms with Gasteiger partial charge in [-0.3, -0.25) is 4.79 Å². The van der Waals surface area contributed by atoms with Crippen LogP contribution in [0.2, 0.25) is 0 Å². The lowest BCUT2D eigenvalue weighted by atomic mass is 10.1. The van der Waals surface area contributed by atoms with Crippen molar-refractivity contribution in [3.05, 3.63) is 34.1 Å². The van der Waals surface area contributed by atoms with Gasteiger partial charge in [0.25, 0.3) is 5.91 Å². The predicted octanol–water partition coefficient (Wildman–Crippen LogP) is 1.18. The van der Waals surface area contributed by atoms with Crippen molar-refractivity contribution in [1.82, 2.24) is 4.90 Å². The van der Waals surface area contributed by atoms with E-state index in [4.69, 9.17) is 15.7 Å². The number of morpholine rings is 1. The van der Waals surface area contributed by atoms with Crippen molar-refractivity contribution in [2.75, 3.05) is 19.7 Å². The molecule has 0 bridgehead atoms. The Kier molecular flexibility index (Phi) is 4.56. The number of carbonyl (C=O) groups is 1. The molecule has 1 saturated heterocycles. The van der Waals surface area contributed by atoms with Crippen molar-refractivity contribution >= 4 is 27.7 Å². The van der Waals surface area contributed by atoms with Crippen LogP contribution in [0, 0.1) is 5.82 Å². The SMILES string of the molecule is N/C(=N/O)C1CN(C(=O)c2cccc(Br)c2F)CCO1. The van der Waals surface area contributed by atoms with E-state index in [1.54, 1.807) is 6.07 Å². The van der Waals surface area contributed by atoms with Crippen molar-refractivity contribution < 1.29 is 19.1 Å². The minimum Gasteiger partial charge on any atom is -0.409 e. The third kappa shape index (κ3) is 2.91. The van der Waals surface area contributed by atoms with Crippen LogP contribution in [-0.2, 0) is 4.74 Å². The highest BCUT2D eigenvalue weighted by Crippen LogP contribution is 2.20. The highest BCUT2D eigenvalue weighted by atomic mass is 79.9. The number of oxime groups is 1. The summed E-state index contributed by atoms with van der Waals surface area (Å²) in [5.74, 6) is -1.18. The standard InChI is InChI=1S/C12H13BrFN3O3/c13-8-3-1-2-7(10(8)14)12(18)17-4-5-20-9(6-17)11(15)16-19/h1-3,9,19H,4-6H2,(H2,15,16). The van der Waals surface area contributed by atoms with Crippen LogP contribution >= 0.6 is 15.9 Å². The fourth-order valence-corrected chi connectivity index (χ4v) is 2.28. The molecule has 1 atom stereocenters. The number of halogens is 2. The summed E-state index contributed by atoms with van der Waals surface area (Å²) in [4.78, 5) is 13.7. The minimum absolute atomic E-state index is 0.0282. The molecular formula is C12H13BrFN3O3. The Morgan fingerprint density at radius 1 is 1.60 bits per heavy atom. The number of ether oxygens (including phenoxy) is 1. The predicted molar refractivity (Wildman–Crippen MR) is 73.2 cm³/mol. The zero-order chi connectivity index (χ0) is 14.7. The van der Waals surface area contributed by atoms with Crippen LogP contribution in [0.15, 0.2) is 27.8 Å². The Balaban J connectivity index is 2.19. The van der Waals surface area contributed by atoms with Crippen LogP contribution in [0.1, 0.15) is 10.4 Å². The number of nitrogens with two attached hydrogens (primary N) is 1. The second kappa shape index (κ2) is 6.19. The number of amides is 1. The average molecular weight is 346 g/mol. The summed E-state index contributed by atoms with van der Waals surface area (Å²) < 4.78 is 19.4. The highest BCUT2D eigenvalue weighted by Gasteiger charge is 2.29. The molecule has 1 aromatic rings. The molecule has 0 radical (unpaired) electrons. The molecule has 0 saturated carbocycles. The third-order valence-corrected chi connectivity index (χ3v) is 3.59. The molecule has 1 heterocycles. The van der Waals surface area contributed by atoms with Gasteiger partial charge in [0.2, 0.25) is 0 Å². The highest BCUT2D eigenvalue weighted by molar-refractivity contribution is 9.10. The molecule has 2 rings (SSSR count). The van der Waals surface area contributed by atoms with E-state index >= 15 is 0 Å². The van der Waals surface area contributed by atoms with Crippen molar-refractivity contribution in [1.29, 1.82) is 0 Å². The zero-order valence-corrected chi connectivity index (χ0v) is 12.0. The van der Waals surface area contributed by atoms with Gasteiger partial charge in [-0.1, -0.05) is 11.2 Å². The first-order chi connectivity index (χ1) is 9.54. The van der Waals surface area contributed by atoms with Crippen LogP contribution in [0.3, 0.4) is 0 Å². The molecule has 1 unspecified atom stereocenters. The van der Waals surface area contributed by atoms with Gasteiger partial charge >= 0.3 is 0 Å². The van der Waals surface area contributed by atoms with Crippen molar-refractivity contribution in [2.24, 2.45) is 10.9 Å². The summed E-state index contributed by atoms with van der Waals surface area (Å²) in [6, 6.07) is 4.52. The smallest absolute Gasteiger partial charge is 0.257 e. The Labute approximate surface area is 123 Å². The van der Waals surface area contributed by atoms with Gasteiger partial charge in [0.05, 0.1) is 23.2 Å². The molecule has 20 heavy (non-hydrogen) atoms. The van der Waals surface area contributed by atoms with Gasteiger partial charge in [-0.15, -0.1) is 0 Å². The van der Waals surface area contributed by atoms with E-state index in [9.17, 15) is 9.18 Å². The lowest BCUT2D eigenvalue weighted by molar-refractivity contribution is 0.00653. The summed E-state index contributed by atoms with van der Waals surface area (Å²) in [6.07, 6.45) is -0.687. The van der Waals surface area contributed by atoms with Gasteiger partial charge in [0, 0.05) is 6.54 Å². The van der Waals surface area contributed by atoms with Crippen molar-refractivity contribution in [3.8, 4) is 0 Å². The van der Waals surface area contributed by atoms with Gasteiger partial charge in [0.15, 0.2) is 5.84 Å². The number of carbonyl (C=O) groups excluding carboxylic acids is 1. The molecule has 108 valence electrons. The fourth-order valence-electron chi connectivity index (χ4n) is 1.92. The van der Waals surface area contributed by atoms with Gasteiger partial charge in [-0.2, -0.15) is 0 Å². The van der Waals surface area contributed by atoms with Crippen LogP contribution < -0.4 is 5.73 Å². The first kappa shape index (κ1) is 14.7. The molecule has 1 aliphatic heterocycles. The largest absolute Gasteiger partial charge is 0.409 e. The summed E-state index contributed by atoms with van der Waals surface area (Å²) in [5, 5.41) is 11.5. The van der Waals surface area contributed by atoms with Crippen LogP contribution in [0.25, 0.3) is 0 Å². The minimum atomic E-state index is -0.687.